The summed E-state index contributed by atoms with van der Waals surface area (Å²) in [7, 11) is 0. The quantitative estimate of drug-likeness (QED) is 0.748. The first-order chi connectivity index (χ1) is 13.1. The molecule has 1 aromatic carbocycles. The standard InChI is InChI=1S/C22H36N4O/c1-18-7-8-20(17-19(18)2)24-22(27)23-11-6-12-25-15-9-21(10-16-25)26-13-4-3-5-14-26/h7-8,17,21H,3-6,9-16H2,1-2H3,(H2,23,24,27). The molecule has 5 nitrogen and oxygen atoms in total. The van der Waals surface area contributed by atoms with E-state index in [-0.39, 0.29) is 6.03 Å². The van der Waals surface area contributed by atoms with E-state index >= 15 is 0 Å². The minimum Gasteiger partial charge on any atom is -0.338 e. The molecule has 0 aromatic heterocycles. The Morgan fingerprint density at radius 3 is 2.48 bits per heavy atom. The van der Waals surface area contributed by atoms with E-state index in [1.807, 2.05) is 18.2 Å². The Bertz CT molecular complexity index is 604. The predicted molar refractivity (Wildman–Crippen MR) is 112 cm³/mol. The minimum absolute atomic E-state index is 0.109. The number of carbonyl (C=O) groups excluding carboxylic acids is 1. The van der Waals surface area contributed by atoms with Crippen molar-refractivity contribution in [1.29, 1.82) is 0 Å². The summed E-state index contributed by atoms with van der Waals surface area (Å²) in [6.07, 6.45) is 7.81. The zero-order valence-electron chi connectivity index (χ0n) is 17.1. The summed E-state index contributed by atoms with van der Waals surface area (Å²) in [6.45, 7) is 11.0. The van der Waals surface area contributed by atoms with Gasteiger partial charge in [-0.2, -0.15) is 0 Å². The SMILES string of the molecule is Cc1ccc(NC(=O)NCCCN2CCC(N3CCCCC3)CC2)cc1C. The number of nitrogens with one attached hydrogen (secondary N) is 2. The maximum Gasteiger partial charge on any atom is 0.319 e. The van der Waals surface area contributed by atoms with Gasteiger partial charge in [0, 0.05) is 18.3 Å². The topological polar surface area (TPSA) is 47.6 Å². The van der Waals surface area contributed by atoms with Gasteiger partial charge in [-0.25, -0.2) is 4.79 Å². The number of urea groups is 1. The molecule has 0 unspecified atom stereocenters. The van der Waals surface area contributed by atoms with Gasteiger partial charge in [0.25, 0.3) is 0 Å². The van der Waals surface area contributed by atoms with Gasteiger partial charge >= 0.3 is 6.03 Å². The summed E-state index contributed by atoms with van der Waals surface area (Å²) in [4.78, 5) is 17.3. The van der Waals surface area contributed by atoms with Crippen LogP contribution in [0.2, 0.25) is 0 Å². The Kier molecular flexibility index (Phi) is 7.53. The first-order valence-corrected chi connectivity index (χ1v) is 10.7. The molecule has 0 bridgehead atoms. The van der Waals surface area contributed by atoms with Gasteiger partial charge in [0.05, 0.1) is 0 Å². The van der Waals surface area contributed by atoms with E-state index in [4.69, 9.17) is 0 Å². The molecule has 0 spiro atoms. The lowest BCUT2D eigenvalue weighted by atomic mass is 10.00. The molecule has 0 aliphatic carbocycles. The average molecular weight is 373 g/mol. The monoisotopic (exact) mass is 372 g/mol. The van der Waals surface area contributed by atoms with E-state index in [0.717, 1.165) is 31.2 Å². The number of anilines is 1. The lowest BCUT2D eigenvalue weighted by molar-refractivity contribution is 0.0922. The minimum atomic E-state index is -0.109. The number of carbonyl (C=O) groups is 1. The van der Waals surface area contributed by atoms with Crippen molar-refractivity contribution in [3.63, 3.8) is 0 Å². The Morgan fingerprint density at radius 1 is 1.04 bits per heavy atom. The molecule has 2 amide bonds. The fourth-order valence-electron chi connectivity index (χ4n) is 4.29. The van der Waals surface area contributed by atoms with Crippen molar-refractivity contribution in [3.05, 3.63) is 29.3 Å². The zero-order chi connectivity index (χ0) is 19.1. The van der Waals surface area contributed by atoms with E-state index in [1.165, 1.54) is 69.4 Å². The third kappa shape index (κ3) is 6.22. The van der Waals surface area contributed by atoms with Gasteiger partial charge in [-0.15, -0.1) is 0 Å². The molecule has 2 aliphatic rings. The van der Waals surface area contributed by atoms with E-state index in [2.05, 4.69) is 34.3 Å². The van der Waals surface area contributed by atoms with Crippen LogP contribution in [-0.2, 0) is 0 Å². The third-order valence-corrected chi connectivity index (χ3v) is 6.17. The Morgan fingerprint density at radius 2 is 1.78 bits per heavy atom. The molecular formula is C22H36N4O. The number of rotatable bonds is 6. The van der Waals surface area contributed by atoms with E-state index in [1.54, 1.807) is 0 Å². The molecule has 2 aliphatic heterocycles. The molecule has 0 radical (unpaired) electrons. The van der Waals surface area contributed by atoms with Gasteiger partial charge in [0.1, 0.15) is 0 Å². The van der Waals surface area contributed by atoms with Crippen molar-refractivity contribution < 1.29 is 4.79 Å². The largest absolute Gasteiger partial charge is 0.338 e. The second kappa shape index (κ2) is 10.1. The van der Waals surface area contributed by atoms with Crippen molar-refractivity contribution in [1.82, 2.24) is 15.1 Å². The molecule has 1 aromatic rings. The van der Waals surface area contributed by atoms with E-state index in [9.17, 15) is 4.79 Å². The van der Waals surface area contributed by atoms with Gasteiger partial charge in [-0.1, -0.05) is 12.5 Å². The molecule has 2 heterocycles. The number of nitrogens with zero attached hydrogens (tertiary/aromatic N) is 2. The molecular weight excluding hydrogens is 336 g/mol. The van der Waals surface area contributed by atoms with Crippen LogP contribution in [-0.4, -0.2) is 61.1 Å². The number of amides is 2. The third-order valence-electron chi connectivity index (χ3n) is 6.17. The number of likely N-dealkylation sites (tertiary alicyclic amines) is 2. The highest BCUT2D eigenvalue weighted by Crippen LogP contribution is 2.20. The van der Waals surface area contributed by atoms with E-state index < -0.39 is 0 Å². The van der Waals surface area contributed by atoms with Crippen LogP contribution in [0, 0.1) is 13.8 Å². The highest BCUT2D eigenvalue weighted by atomic mass is 16.2. The Hall–Kier alpha value is -1.59. The normalized spacial score (nSPS) is 19.8. The first kappa shape index (κ1) is 20.2. The lowest BCUT2D eigenvalue weighted by Gasteiger charge is -2.40. The summed E-state index contributed by atoms with van der Waals surface area (Å²) < 4.78 is 0. The highest BCUT2D eigenvalue weighted by Gasteiger charge is 2.25. The maximum absolute atomic E-state index is 12.0. The van der Waals surface area contributed by atoms with Crippen LogP contribution in [0.15, 0.2) is 18.2 Å². The van der Waals surface area contributed by atoms with Gasteiger partial charge in [-0.3, -0.25) is 0 Å². The van der Waals surface area contributed by atoms with Crippen molar-refractivity contribution >= 4 is 11.7 Å². The van der Waals surface area contributed by atoms with Gasteiger partial charge < -0.3 is 20.4 Å². The molecule has 27 heavy (non-hydrogen) atoms. The Balaban J connectivity index is 1.28. The highest BCUT2D eigenvalue weighted by molar-refractivity contribution is 5.89. The van der Waals surface area contributed by atoms with Crippen LogP contribution in [0.3, 0.4) is 0 Å². The maximum atomic E-state index is 12.0. The average Bonchev–Trinajstić information content (AvgIpc) is 2.69. The number of hydrogen-bond donors (Lipinski definition) is 2. The molecule has 2 fully saturated rings. The molecule has 5 heteroatoms. The van der Waals surface area contributed by atoms with Crippen LogP contribution in [0.25, 0.3) is 0 Å². The second-order valence-electron chi connectivity index (χ2n) is 8.20. The molecule has 0 saturated carbocycles. The zero-order valence-corrected chi connectivity index (χ0v) is 17.1. The fourth-order valence-corrected chi connectivity index (χ4v) is 4.29. The van der Waals surface area contributed by atoms with Gasteiger partial charge in [0.2, 0.25) is 0 Å². The van der Waals surface area contributed by atoms with Crippen LogP contribution in [0.5, 0.6) is 0 Å². The smallest absolute Gasteiger partial charge is 0.319 e. The second-order valence-corrected chi connectivity index (χ2v) is 8.20. The van der Waals surface area contributed by atoms with Crippen LogP contribution in [0.1, 0.15) is 49.7 Å². The summed E-state index contributed by atoms with van der Waals surface area (Å²) in [5.74, 6) is 0. The lowest BCUT2D eigenvalue weighted by Crippen LogP contribution is -2.47. The van der Waals surface area contributed by atoms with Gasteiger partial charge in [-0.05, 0) is 102 Å². The van der Waals surface area contributed by atoms with Crippen LogP contribution < -0.4 is 10.6 Å². The molecule has 2 N–H and O–H groups in total. The van der Waals surface area contributed by atoms with Crippen LogP contribution in [0.4, 0.5) is 10.5 Å². The number of piperidine rings is 2. The summed E-state index contributed by atoms with van der Waals surface area (Å²) >= 11 is 0. The number of hydrogen-bond acceptors (Lipinski definition) is 3. The molecule has 3 rings (SSSR count). The first-order valence-electron chi connectivity index (χ1n) is 10.7. The summed E-state index contributed by atoms with van der Waals surface area (Å²) in [5.41, 5.74) is 3.29. The van der Waals surface area contributed by atoms with Crippen molar-refractivity contribution in [3.8, 4) is 0 Å². The van der Waals surface area contributed by atoms with Crippen molar-refractivity contribution in [2.24, 2.45) is 0 Å². The summed E-state index contributed by atoms with van der Waals surface area (Å²) in [5, 5.41) is 5.90. The molecule has 2 saturated heterocycles. The van der Waals surface area contributed by atoms with Crippen LogP contribution >= 0.6 is 0 Å². The Labute approximate surface area is 164 Å². The number of aryl methyl sites for hydroxylation is 2. The van der Waals surface area contributed by atoms with Crippen molar-refractivity contribution in [2.75, 3.05) is 44.6 Å². The van der Waals surface area contributed by atoms with Crippen molar-refractivity contribution in [2.45, 2.75) is 58.4 Å². The van der Waals surface area contributed by atoms with Gasteiger partial charge in [0.15, 0.2) is 0 Å². The number of benzene rings is 1. The molecule has 0 atom stereocenters. The molecule has 150 valence electrons. The summed E-state index contributed by atoms with van der Waals surface area (Å²) in [6, 6.07) is 6.71. The van der Waals surface area contributed by atoms with E-state index in [0.29, 0.717) is 0 Å². The predicted octanol–water partition coefficient (Wildman–Crippen LogP) is 3.77. The fraction of sp³-hybridized carbons (Fsp3) is 0.682.